The Kier molecular flexibility index (Phi) is 6.80. The first-order valence-electron chi connectivity index (χ1n) is 8.44. The van der Waals surface area contributed by atoms with Crippen molar-refractivity contribution in [1.29, 1.82) is 0 Å². The fourth-order valence-corrected chi connectivity index (χ4v) is 4.12. The Morgan fingerprint density at radius 2 is 2.08 bits per heavy atom. The van der Waals surface area contributed by atoms with Gasteiger partial charge >= 0.3 is 0 Å². The summed E-state index contributed by atoms with van der Waals surface area (Å²) < 4.78 is 26.9. The average molecular weight is 360 g/mol. The molecule has 0 spiro atoms. The Balaban J connectivity index is 2.26. The lowest BCUT2D eigenvalue weighted by Gasteiger charge is -2.33. The first-order chi connectivity index (χ1) is 12.0. The van der Waals surface area contributed by atoms with Crippen LogP contribution in [0.3, 0.4) is 0 Å². The molecule has 1 aromatic rings. The number of terminal acetylenes is 1. The van der Waals surface area contributed by atoms with Crippen LogP contribution >= 0.6 is 0 Å². The molecule has 2 rings (SSSR count). The van der Waals surface area contributed by atoms with Crippen LogP contribution in [0.25, 0.3) is 0 Å². The second kappa shape index (κ2) is 8.84. The van der Waals surface area contributed by atoms with Crippen molar-refractivity contribution in [3.05, 3.63) is 42.5 Å². The highest BCUT2D eigenvalue weighted by Gasteiger charge is 2.26. The average Bonchev–Trinajstić information content (AvgIpc) is 2.65. The molecule has 0 unspecified atom stereocenters. The van der Waals surface area contributed by atoms with Crippen molar-refractivity contribution in [3.63, 3.8) is 0 Å². The number of rotatable bonds is 7. The summed E-state index contributed by atoms with van der Waals surface area (Å²) in [6.45, 7) is 3.85. The molecule has 134 valence electrons. The molecule has 1 aromatic carbocycles. The summed E-state index contributed by atoms with van der Waals surface area (Å²) in [5.74, 6) is 2.33. The van der Waals surface area contributed by atoms with E-state index >= 15 is 0 Å². The van der Waals surface area contributed by atoms with E-state index in [1.807, 2.05) is 0 Å². The summed E-state index contributed by atoms with van der Waals surface area (Å²) in [5.41, 5.74) is 0.335. The number of hydrogen-bond donors (Lipinski definition) is 1. The van der Waals surface area contributed by atoms with E-state index in [0.717, 1.165) is 25.7 Å². The third-order valence-electron chi connectivity index (χ3n) is 4.35. The standard InChI is InChI=1S/C19H24N2O3S/c1-3-13-20-25(23,24)18-12-8-9-16(15-18)19(22)21(14-4-2)17-10-6-5-7-11-17/h2-3,8-9,12,15,17,20H,1,5-7,10-11,13-14H2. The van der Waals surface area contributed by atoms with E-state index in [-0.39, 0.29) is 29.9 Å². The summed E-state index contributed by atoms with van der Waals surface area (Å²) in [5, 5.41) is 0. The van der Waals surface area contributed by atoms with E-state index in [2.05, 4.69) is 17.2 Å². The second-order valence-electron chi connectivity index (χ2n) is 6.10. The highest BCUT2D eigenvalue weighted by atomic mass is 32.2. The van der Waals surface area contributed by atoms with Gasteiger partial charge in [0.1, 0.15) is 0 Å². The van der Waals surface area contributed by atoms with Crippen molar-refractivity contribution in [2.75, 3.05) is 13.1 Å². The Morgan fingerprint density at radius 3 is 2.72 bits per heavy atom. The quantitative estimate of drug-likeness (QED) is 0.600. The molecule has 0 saturated heterocycles. The smallest absolute Gasteiger partial charge is 0.254 e. The van der Waals surface area contributed by atoms with Crippen LogP contribution in [0.4, 0.5) is 0 Å². The van der Waals surface area contributed by atoms with Crippen LogP contribution in [0, 0.1) is 12.3 Å². The third kappa shape index (κ3) is 4.94. The van der Waals surface area contributed by atoms with Gasteiger partial charge < -0.3 is 4.90 Å². The third-order valence-corrected chi connectivity index (χ3v) is 5.77. The van der Waals surface area contributed by atoms with Gasteiger partial charge in [0.05, 0.1) is 11.4 Å². The molecule has 6 heteroatoms. The minimum atomic E-state index is -3.67. The lowest BCUT2D eigenvalue weighted by molar-refractivity contribution is 0.0667. The summed E-state index contributed by atoms with van der Waals surface area (Å²) in [4.78, 5) is 14.7. The molecule has 1 N–H and O–H groups in total. The van der Waals surface area contributed by atoms with E-state index < -0.39 is 10.0 Å². The Morgan fingerprint density at radius 1 is 1.36 bits per heavy atom. The molecule has 0 heterocycles. The molecule has 1 amide bonds. The maximum atomic E-state index is 12.9. The van der Waals surface area contributed by atoms with Crippen molar-refractivity contribution >= 4 is 15.9 Å². The van der Waals surface area contributed by atoms with Gasteiger partial charge in [-0.15, -0.1) is 13.0 Å². The molecule has 0 atom stereocenters. The van der Waals surface area contributed by atoms with E-state index in [1.165, 1.54) is 24.6 Å². The van der Waals surface area contributed by atoms with Crippen LogP contribution in [-0.2, 0) is 10.0 Å². The van der Waals surface area contributed by atoms with Crippen LogP contribution in [0.2, 0.25) is 0 Å². The predicted octanol–water partition coefficient (Wildman–Crippen LogP) is 2.56. The lowest BCUT2D eigenvalue weighted by Crippen LogP contribution is -2.41. The minimum Gasteiger partial charge on any atom is -0.325 e. The minimum absolute atomic E-state index is 0.0597. The SMILES string of the molecule is C#CCN(C(=O)c1cccc(S(=O)(=O)NCC=C)c1)C1CCCCC1. The number of amides is 1. The van der Waals surface area contributed by atoms with Crippen LogP contribution in [0.15, 0.2) is 41.8 Å². The van der Waals surface area contributed by atoms with E-state index in [0.29, 0.717) is 5.56 Å². The van der Waals surface area contributed by atoms with Gasteiger partial charge in [0.15, 0.2) is 0 Å². The molecular weight excluding hydrogens is 336 g/mol. The summed E-state index contributed by atoms with van der Waals surface area (Å²) >= 11 is 0. The number of sulfonamides is 1. The molecular formula is C19H24N2O3S. The zero-order valence-corrected chi connectivity index (χ0v) is 15.1. The summed E-state index contributed by atoms with van der Waals surface area (Å²) in [6, 6.07) is 6.19. The molecule has 0 radical (unpaired) electrons. The number of carbonyl (C=O) groups excluding carboxylic acids is 1. The zero-order valence-electron chi connectivity index (χ0n) is 14.3. The normalized spacial score (nSPS) is 15.3. The summed E-state index contributed by atoms with van der Waals surface area (Å²) in [6.07, 6.45) is 12.1. The van der Waals surface area contributed by atoms with Gasteiger partial charge in [-0.25, -0.2) is 13.1 Å². The van der Waals surface area contributed by atoms with Gasteiger partial charge in [-0.05, 0) is 31.0 Å². The Labute approximate surface area is 150 Å². The van der Waals surface area contributed by atoms with Crippen LogP contribution in [0.1, 0.15) is 42.5 Å². The highest BCUT2D eigenvalue weighted by Crippen LogP contribution is 2.24. The Bertz CT molecular complexity index is 759. The van der Waals surface area contributed by atoms with Gasteiger partial charge in [0.25, 0.3) is 5.91 Å². The first-order valence-corrected chi connectivity index (χ1v) is 9.93. The molecule has 5 nitrogen and oxygen atoms in total. The van der Waals surface area contributed by atoms with Crippen molar-refractivity contribution < 1.29 is 13.2 Å². The monoisotopic (exact) mass is 360 g/mol. The number of nitrogens with zero attached hydrogens (tertiary/aromatic N) is 1. The van der Waals surface area contributed by atoms with Crippen molar-refractivity contribution in [1.82, 2.24) is 9.62 Å². The molecule has 1 aliphatic carbocycles. The molecule has 0 aliphatic heterocycles. The van der Waals surface area contributed by atoms with Gasteiger partial charge in [-0.3, -0.25) is 4.79 Å². The Hall–Kier alpha value is -2.10. The van der Waals surface area contributed by atoms with Crippen LogP contribution in [-0.4, -0.2) is 38.4 Å². The molecule has 1 saturated carbocycles. The number of hydrogen-bond acceptors (Lipinski definition) is 3. The molecule has 0 aromatic heterocycles. The molecule has 0 bridgehead atoms. The maximum Gasteiger partial charge on any atom is 0.254 e. The predicted molar refractivity (Wildman–Crippen MR) is 98.6 cm³/mol. The van der Waals surface area contributed by atoms with E-state index in [1.54, 1.807) is 17.0 Å². The molecule has 1 aliphatic rings. The van der Waals surface area contributed by atoms with Crippen molar-refractivity contribution in [3.8, 4) is 12.3 Å². The largest absolute Gasteiger partial charge is 0.325 e. The molecule has 25 heavy (non-hydrogen) atoms. The lowest BCUT2D eigenvalue weighted by atomic mass is 9.93. The van der Waals surface area contributed by atoms with Crippen molar-refractivity contribution in [2.24, 2.45) is 0 Å². The fourth-order valence-electron chi connectivity index (χ4n) is 3.07. The first kappa shape index (κ1) is 19.2. The van der Waals surface area contributed by atoms with Crippen molar-refractivity contribution in [2.45, 2.75) is 43.0 Å². The second-order valence-corrected chi connectivity index (χ2v) is 7.86. The topological polar surface area (TPSA) is 66.5 Å². The van der Waals surface area contributed by atoms with E-state index in [4.69, 9.17) is 6.42 Å². The molecule has 1 fully saturated rings. The van der Waals surface area contributed by atoms with Crippen LogP contribution in [0.5, 0.6) is 0 Å². The fraction of sp³-hybridized carbons (Fsp3) is 0.421. The number of nitrogens with one attached hydrogen (secondary N) is 1. The van der Waals surface area contributed by atoms with Crippen LogP contribution < -0.4 is 4.72 Å². The maximum absolute atomic E-state index is 12.9. The summed E-state index contributed by atoms with van der Waals surface area (Å²) in [7, 11) is -3.67. The number of carbonyl (C=O) groups is 1. The van der Waals surface area contributed by atoms with Gasteiger partial charge in [-0.2, -0.15) is 0 Å². The van der Waals surface area contributed by atoms with Gasteiger partial charge in [-0.1, -0.05) is 37.3 Å². The number of benzene rings is 1. The van der Waals surface area contributed by atoms with E-state index in [9.17, 15) is 13.2 Å². The van der Waals surface area contributed by atoms with Gasteiger partial charge in [0, 0.05) is 18.2 Å². The highest BCUT2D eigenvalue weighted by molar-refractivity contribution is 7.89. The van der Waals surface area contributed by atoms with Gasteiger partial charge in [0.2, 0.25) is 10.0 Å². The zero-order chi connectivity index (χ0) is 18.3.